The van der Waals surface area contributed by atoms with Crippen molar-refractivity contribution in [3.63, 3.8) is 0 Å². The van der Waals surface area contributed by atoms with Crippen LogP contribution in [-0.2, 0) is 14.4 Å². The van der Waals surface area contributed by atoms with Gasteiger partial charge in [-0.2, -0.15) is 9.94 Å². The average Bonchev–Trinajstić information content (AvgIpc) is 3.30. The van der Waals surface area contributed by atoms with E-state index in [1.807, 2.05) is 29.2 Å². The summed E-state index contributed by atoms with van der Waals surface area (Å²) >= 11 is 6.25. The summed E-state index contributed by atoms with van der Waals surface area (Å²) in [5.74, 6) is 7.44. The molecule has 0 spiro atoms. The minimum atomic E-state index is -0.928. The number of aromatic nitrogens is 3. The zero-order valence-corrected chi connectivity index (χ0v) is 38.5. The lowest BCUT2D eigenvalue weighted by atomic mass is 9.49. The number of nitrogens with zero attached hydrogens (tertiary/aromatic N) is 6. The molecular weight excluding hydrogens is 860 g/mol. The molecule has 1 saturated carbocycles. The molecule has 1 unspecified atom stereocenters. The first-order valence-corrected chi connectivity index (χ1v) is 23.1. The van der Waals surface area contributed by atoms with Gasteiger partial charge in [-0.05, 0) is 112 Å². The Labute approximate surface area is 389 Å². The van der Waals surface area contributed by atoms with Gasteiger partial charge in [0.25, 0.3) is 23.3 Å². The van der Waals surface area contributed by atoms with Crippen LogP contribution in [0.2, 0.25) is 5.02 Å². The number of hydrogen-bond donors (Lipinski definition) is 2. The number of halogens is 1. The van der Waals surface area contributed by atoms with Gasteiger partial charge in [-0.3, -0.25) is 29.3 Å². The fraction of sp³-hybridized carbons (Fsp3) is 0.480. The number of ether oxygens (including phenoxy) is 2. The highest BCUT2D eigenvalue weighted by molar-refractivity contribution is 6.31. The predicted octanol–water partition coefficient (Wildman–Crippen LogP) is 5.68. The Bertz CT molecular complexity index is 2670. The van der Waals surface area contributed by atoms with E-state index in [4.69, 9.17) is 21.1 Å². The fourth-order valence-corrected chi connectivity index (χ4v) is 10.6. The largest absolute Gasteiger partial charge is 0.489 e. The van der Waals surface area contributed by atoms with Crippen LogP contribution >= 0.6 is 11.6 Å². The van der Waals surface area contributed by atoms with E-state index in [2.05, 4.69) is 71.5 Å². The molecule has 0 bridgehead atoms. The predicted molar refractivity (Wildman–Crippen MR) is 247 cm³/mol. The number of nitriles is 1. The minimum absolute atomic E-state index is 0.103. The lowest BCUT2D eigenvalue weighted by Gasteiger charge is -2.63. The number of rotatable bonds is 11. The fourth-order valence-electron chi connectivity index (χ4n) is 10.4. The van der Waals surface area contributed by atoms with Gasteiger partial charge in [-0.15, -0.1) is 5.10 Å². The number of fused-ring (bicyclic) bond motifs is 1. The number of benzene rings is 3. The van der Waals surface area contributed by atoms with Gasteiger partial charge in [-0.1, -0.05) is 56.4 Å². The quantitative estimate of drug-likeness (QED) is 0.139. The standard InChI is InChI=1S/C50H55ClN8O7/c1-49(2)47(50(3,4)48(49)66-37-13-12-35(28-52)39(51)27-37)54-44(62)34-10-8-31(9-11-34)6-5-7-32-18-22-57(23-19-32)29-33-20-24-58(25-21-33)43(61)30-65-36-14-15-40-38(26-36)46(64)59(56-55-40)41-16-17-42(60)53-45(41)63/h8-15,26-27,32-33,41,47-48H,7,16-25,29-30H2,1-4H3,(H,54,62)(H,53,60,63). The van der Waals surface area contributed by atoms with E-state index in [1.54, 1.807) is 30.3 Å². The number of piperidine rings is 3. The average molecular weight is 915 g/mol. The summed E-state index contributed by atoms with van der Waals surface area (Å²) in [6.07, 6.45) is 4.94. The highest BCUT2D eigenvalue weighted by Crippen LogP contribution is 2.55. The monoisotopic (exact) mass is 914 g/mol. The molecule has 0 radical (unpaired) electrons. The van der Waals surface area contributed by atoms with Crippen molar-refractivity contribution in [2.45, 2.75) is 90.8 Å². The van der Waals surface area contributed by atoms with Gasteiger partial charge >= 0.3 is 0 Å². The maximum absolute atomic E-state index is 13.4. The first-order chi connectivity index (χ1) is 31.6. The molecule has 3 saturated heterocycles. The van der Waals surface area contributed by atoms with Crippen LogP contribution in [-0.4, -0.2) is 99.9 Å². The van der Waals surface area contributed by atoms with E-state index in [-0.39, 0.29) is 65.5 Å². The Balaban J connectivity index is 0.733. The van der Waals surface area contributed by atoms with Gasteiger partial charge in [0.05, 0.1) is 16.0 Å². The Morgan fingerprint density at radius 1 is 0.894 bits per heavy atom. The zero-order valence-electron chi connectivity index (χ0n) is 37.8. The van der Waals surface area contributed by atoms with Crippen LogP contribution in [0.5, 0.6) is 11.5 Å². The maximum atomic E-state index is 13.4. The molecule has 344 valence electrons. The normalized spacial score (nSPS) is 22.0. The van der Waals surface area contributed by atoms with E-state index in [0.29, 0.717) is 58.1 Å². The molecule has 8 rings (SSSR count). The second-order valence-electron chi connectivity index (χ2n) is 19.2. The lowest BCUT2D eigenvalue weighted by Crippen LogP contribution is -2.74. The Morgan fingerprint density at radius 3 is 2.27 bits per heavy atom. The molecule has 4 aliphatic rings. The number of amides is 4. The molecule has 1 aliphatic carbocycles. The van der Waals surface area contributed by atoms with Crippen molar-refractivity contribution in [3.05, 3.63) is 92.7 Å². The van der Waals surface area contributed by atoms with Crippen LogP contribution < -0.4 is 25.7 Å². The summed E-state index contributed by atoms with van der Waals surface area (Å²) < 4.78 is 13.2. The zero-order chi connectivity index (χ0) is 46.8. The highest BCUT2D eigenvalue weighted by atomic mass is 35.5. The van der Waals surface area contributed by atoms with Crippen LogP contribution in [0.25, 0.3) is 10.9 Å². The summed E-state index contributed by atoms with van der Waals surface area (Å²) in [7, 11) is 0. The van der Waals surface area contributed by atoms with E-state index in [0.717, 1.165) is 62.0 Å². The SMILES string of the molecule is CC1(C)C(NC(=O)c2ccc(C#CCC3CCN(CC4CCN(C(=O)COc5ccc6nnn(C7CCC(=O)NC7=O)c(=O)c6c5)CC4)CC3)cc2)C(C)(C)C1Oc1ccc(C#N)c(Cl)c1. The smallest absolute Gasteiger partial charge is 0.278 e. The molecule has 4 fully saturated rings. The number of carbonyl (C=O) groups excluding carboxylic acids is 4. The van der Waals surface area contributed by atoms with Crippen LogP contribution in [0, 0.1) is 45.8 Å². The third-order valence-electron chi connectivity index (χ3n) is 13.9. The molecule has 4 aromatic rings. The van der Waals surface area contributed by atoms with Gasteiger partial charge in [-0.25, -0.2) is 0 Å². The van der Waals surface area contributed by atoms with Crippen molar-refractivity contribution < 1.29 is 28.7 Å². The number of hydrogen-bond acceptors (Lipinski definition) is 11. The molecule has 1 atom stereocenters. The van der Waals surface area contributed by atoms with Gasteiger partial charge in [0.1, 0.15) is 35.2 Å². The Kier molecular flexibility index (Phi) is 13.5. The van der Waals surface area contributed by atoms with Crippen molar-refractivity contribution in [3.8, 4) is 29.4 Å². The molecule has 4 heterocycles. The minimum Gasteiger partial charge on any atom is -0.489 e. The summed E-state index contributed by atoms with van der Waals surface area (Å²) in [5, 5.41) is 23.3. The summed E-state index contributed by atoms with van der Waals surface area (Å²) in [6.45, 7) is 12.6. The second-order valence-corrected chi connectivity index (χ2v) is 19.6. The summed E-state index contributed by atoms with van der Waals surface area (Å²) in [6, 6.07) is 18.3. The van der Waals surface area contributed by atoms with Gasteiger partial charge in [0.2, 0.25) is 5.91 Å². The van der Waals surface area contributed by atoms with Crippen molar-refractivity contribution in [1.82, 2.24) is 35.4 Å². The molecule has 16 heteroatoms. The molecular formula is C50H55ClN8O7. The topological polar surface area (TPSA) is 189 Å². The molecule has 66 heavy (non-hydrogen) atoms. The molecule has 1 aromatic heterocycles. The van der Waals surface area contributed by atoms with E-state index < -0.39 is 17.5 Å². The number of imide groups is 1. The molecule has 2 N–H and O–H groups in total. The van der Waals surface area contributed by atoms with E-state index >= 15 is 0 Å². The number of likely N-dealkylation sites (tertiary alicyclic amines) is 2. The van der Waals surface area contributed by atoms with Crippen molar-refractivity contribution in [2.75, 3.05) is 39.3 Å². The van der Waals surface area contributed by atoms with Crippen LogP contribution in [0.1, 0.15) is 100 Å². The summed E-state index contributed by atoms with van der Waals surface area (Å²) in [5.41, 5.74) is 0.939. The van der Waals surface area contributed by atoms with E-state index in [1.165, 1.54) is 6.07 Å². The first-order valence-electron chi connectivity index (χ1n) is 22.7. The lowest BCUT2D eigenvalue weighted by molar-refractivity contribution is -0.164. The van der Waals surface area contributed by atoms with Crippen molar-refractivity contribution >= 4 is 46.1 Å². The molecule has 4 amide bonds. The van der Waals surface area contributed by atoms with Gasteiger partial charge < -0.3 is 24.6 Å². The Hall–Kier alpha value is -6.29. The number of carbonyl (C=O) groups is 4. The van der Waals surface area contributed by atoms with Crippen LogP contribution in [0.4, 0.5) is 0 Å². The molecule has 3 aliphatic heterocycles. The second kappa shape index (κ2) is 19.3. The van der Waals surface area contributed by atoms with E-state index in [9.17, 15) is 29.2 Å². The van der Waals surface area contributed by atoms with Crippen LogP contribution in [0.15, 0.2) is 65.5 Å². The first kappa shape index (κ1) is 46.2. The molecule has 3 aromatic carbocycles. The molecule has 15 nitrogen and oxygen atoms in total. The Morgan fingerprint density at radius 2 is 1.59 bits per heavy atom. The van der Waals surface area contributed by atoms with Crippen molar-refractivity contribution in [1.29, 1.82) is 5.26 Å². The van der Waals surface area contributed by atoms with Crippen molar-refractivity contribution in [2.24, 2.45) is 22.7 Å². The third kappa shape index (κ3) is 9.93. The maximum Gasteiger partial charge on any atom is 0.278 e. The van der Waals surface area contributed by atoms with Crippen LogP contribution in [0.3, 0.4) is 0 Å². The van der Waals surface area contributed by atoms with Gasteiger partial charge in [0, 0.05) is 66.5 Å². The third-order valence-corrected chi connectivity index (χ3v) is 14.2. The highest BCUT2D eigenvalue weighted by Gasteiger charge is 2.64. The van der Waals surface area contributed by atoms with Gasteiger partial charge in [0.15, 0.2) is 6.61 Å². The number of nitrogens with one attached hydrogen (secondary N) is 2. The summed E-state index contributed by atoms with van der Waals surface area (Å²) in [4.78, 5) is 68.1.